The fraction of sp³-hybridized carbons (Fsp3) is 0.136. The van der Waals surface area contributed by atoms with Crippen LogP contribution in [0.3, 0.4) is 0 Å². The second-order valence-corrected chi connectivity index (χ2v) is 6.55. The number of nitrogens with zero attached hydrogens (tertiary/aromatic N) is 3. The summed E-state index contributed by atoms with van der Waals surface area (Å²) >= 11 is 0. The van der Waals surface area contributed by atoms with Gasteiger partial charge in [-0.2, -0.15) is 0 Å². The van der Waals surface area contributed by atoms with Crippen LogP contribution in [0.15, 0.2) is 67.1 Å². The molecule has 7 nitrogen and oxygen atoms in total. The highest BCUT2D eigenvalue weighted by Gasteiger charge is 2.15. The number of halogens is 1. The predicted molar refractivity (Wildman–Crippen MR) is 113 cm³/mol. The Morgan fingerprint density at radius 3 is 2.77 bits per heavy atom. The summed E-state index contributed by atoms with van der Waals surface area (Å²) in [6, 6.07) is 13.4. The fourth-order valence-corrected chi connectivity index (χ4v) is 3.14. The Morgan fingerprint density at radius 1 is 1.17 bits per heavy atom. The van der Waals surface area contributed by atoms with Crippen LogP contribution in [-0.4, -0.2) is 33.9 Å². The van der Waals surface area contributed by atoms with Crippen molar-refractivity contribution in [2.24, 2.45) is 0 Å². The zero-order valence-corrected chi connectivity index (χ0v) is 16.3. The first kappa shape index (κ1) is 19.4. The minimum atomic E-state index is -0.313. The average Bonchev–Trinajstić information content (AvgIpc) is 3.13. The van der Waals surface area contributed by atoms with Gasteiger partial charge in [-0.15, -0.1) is 0 Å². The number of fused-ring (bicyclic) bond motifs is 1. The number of benzene rings is 2. The van der Waals surface area contributed by atoms with Crippen molar-refractivity contribution >= 4 is 23.1 Å². The van der Waals surface area contributed by atoms with Gasteiger partial charge in [0.1, 0.15) is 23.1 Å². The molecule has 2 heterocycles. The Balaban J connectivity index is 1.50. The van der Waals surface area contributed by atoms with Gasteiger partial charge in [0, 0.05) is 30.9 Å². The molecule has 4 aromatic rings. The van der Waals surface area contributed by atoms with Crippen molar-refractivity contribution in [3.8, 4) is 17.0 Å². The summed E-state index contributed by atoms with van der Waals surface area (Å²) in [6.45, 7) is 0.380. The number of ether oxygens (including phenoxy) is 1. The Kier molecular flexibility index (Phi) is 5.56. The lowest BCUT2D eigenvalue weighted by molar-refractivity contribution is -0.116. The standard InChI is InChI=1S/C22H20FN5O2/c1-30-18-5-3-2-4-17(18)26-20(29)10-11-25-22-21(15-6-8-16(23)9-7-15)27-19-14-24-12-13-28(19)22/h2-9,12-14,25H,10-11H2,1H3,(H,26,29). The molecular formula is C22H20FN5O2. The maximum atomic E-state index is 13.3. The summed E-state index contributed by atoms with van der Waals surface area (Å²) in [5.74, 6) is 0.855. The van der Waals surface area contributed by atoms with Crippen LogP contribution >= 0.6 is 0 Å². The lowest BCUT2D eigenvalue weighted by Crippen LogP contribution is -2.17. The highest BCUT2D eigenvalue weighted by molar-refractivity contribution is 5.92. The second kappa shape index (κ2) is 8.60. The number of methoxy groups -OCH3 is 1. The van der Waals surface area contributed by atoms with Crippen LogP contribution in [0.5, 0.6) is 5.75 Å². The van der Waals surface area contributed by atoms with Gasteiger partial charge in [-0.25, -0.2) is 9.37 Å². The van der Waals surface area contributed by atoms with Crippen LogP contribution < -0.4 is 15.4 Å². The Hall–Kier alpha value is -3.94. The minimum Gasteiger partial charge on any atom is -0.495 e. The maximum absolute atomic E-state index is 13.3. The summed E-state index contributed by atoms with van der Waals surface area (Å²) in [5, 5.41) is 6.13. The third kappa shape index (κ3) is 4.07. The van der Waals surface area contributed by atoms with E-state index in [-0.39, 0.29) is 18.1 Å². The molecule has 0 aliphatic carbocycles. The molecule has 0 aliphatic heterocycles. The van der Waals surface area contributed by atoms with E-state index in [2.05, 4.69) is 20.6 Å². The van der Waals surface area contributed by atoms with Crippen molar-refractivity contribution in [1.82, 2.24) is 14.4 Å². The summed E-state index contributed by atoms with van der Waals surface area (Å²) in [4.78, 5) is 21.1. The minimum absolute atomic E-state index is 0.147. The molecule has 0 saturated carbocycles. The molecule has 0 spiro atoms. The number of carbonyl (C=O) groups is 1. The first-order valence-electron chi connectivity index (χ1n) is 9.40. The van der Waals surface area contributed by atoms with Gasteiger partial charge in [0.2, 0.25) is 5.91 Å². The first-order chi connectivity index (χ1) is 14.7. The number of nitrogens with one attached hydrogen (secondary N) is 2. The molecule has 2 N–H and O–H groups in total. The van der Waals surface area contributed by atoms with Gasteiger partial charge >= 0.3 is 0 Å². The molecule has 0 atom stereocenters. The molecule has 0 saturated heterocycles. The fourth-order valence-electron chi connectivity index (χ4n) is 3.14. The second-order valence-electron chi connectivity index (χ2n) is 6.55. The molecule has 2 aromatic heterocycles. The molecule has 152 valence electrons. The lowest BCUT2D eigenvalue weighted by atomic mass is 10.1. The Bertz CT molecular complexity index is 1170. The number of aromatic nitrogens is 3. The molecule has 1 amide bonds. The SMILES string of the molecule is COc1ccccc1NC(=O)CCNc1c(-c2ccc(F)cc2)nc2cnccn12. The van der Waals surface area contributed by atoms with Gasteiger partial charge in [-0.05, 0) is 36.4 Å². The van der Waals surface area contributed by atoms with Crippen molar-refractivity contribution in [2.45, 2.75) is 6.42 Å². The zero-order chi connectivity index (χ0) is 20.9. The van der Waals surface area contributed by atoms with Crippen molar-refractivity contribution in [3.63, 3.8) is 0 Å². The lowest BCUT2D eigenvalue weighted by Gasteiger charge is -2.11. The summed E-state index contributed by atoms with van der Waals surface area (Å²) in [5.41, 5.74) is 2.70. The van der Waals surface area contributed by atoms with Gasteiger partial charge in [0.25, 0.3) is 0 Å². The van der Waals surface area contributed by atoms with Crippen LogP contribution in [0.4, 0.5) is 15.9 Å². The number of amides is 1. The van der Waals surface area contributed by atoms with E-state index in [1.165, 1.54) is 12.1 Å². The normalized spacial score (nSPS) is 10.7. The highest BCUT2D eigenvalue weighted by Crippen LogP contribution is 2.29. The van der Waals surface area contributed by atoms with Crippen LogP contribution in [0, 0.1) is 5.82 Å². The number of anilines is 2. The van der Waals surface area contributed by atoms with E-state index in [1.54, 1.807) is 50.0 Å². The molecule has 0 bridgehead atoms. The smallest absolute Gasteiger partial charge is 0.226 e. The van der Waals surface area contributed by atoms with E-state index in [1.807, 2.05) is 16.5 Å². The highest BCUT2D eigenvalue weighted by atomic mass is 19.1. The third-order valence-corrected chi connectivity index (χ3v) is 4.57. The van der Waals surface area contributed by atoms with Gasteiger partial charge in [0.05, 0.1) is 19.0 Å². The number of para-hydroxylation sites is 2. The van der Waals surface area contributed by atoms with Crippen molar-refractivity contribution in [2.75, 3.05) is 24.3 Å². The average molecular weight is 405 g/mol. The van der Waals surface area contributed by atoms with Crippen molar-refractivity contribution < 1.29 is 13.9 Å². The number of carbonyl (C=O) groups excluding carboxylic acids is 1. The monoisotopic (exact) mass is 405 g/mol. The summed E-state index contributed by atoms with van der Waals surface area (Å²) in [6.07, 6.45) is 5.32. The zero-order valence-electron chi connectivity index (χ0n) is 16.3. The van der Waals surface area contributed by atoms with Gasteiger partial charge < -0.3 is 15.4 Å². The largest absolute Gasteiger partial charge is 0.495 e. The van der Waals surface area contributed by atoms with Crippen molar-refractivity contribution in [3.05, 3.63) is 72.9 Å². The quantitative estimate of drug-likeness (QED) is 0.486. The van der Waals surface area contributed by atoms with Gasteiger partial charge in [0.15, 0.2) is 5.65 Å². The molecule has 30 heavy (non-hydrogen) atoms. The van der Waals surface area contributed by atoms with E-state index < -0.39 is 0 Å². The molecule has 0 unspecified atom stereocenters. The topological polar surface area (TPSA) is 80.5 Å². The number of hydrogen-bond donors (Lipinski definition) is 2. The molecule has 2 aromatic carbocycles. The van der Waals surface area contributed by atoms with E-state index >= 15 is 0 Å². The van der Waals surface area contributed by atoms with Gasteiger partial charge in [-0.3, -0.25) is 14.2 Å². The molecule has 0 fully saturated rings. The first-order valence-corrected chi connectivity index (χ1v) is 9.40. The molecule has 0 radical (unpaired) electrons. The van der Waals surface area contributed by atoms with Crippen LogP contribution in [-0.2, 0) is 4.79 Å². The Morgan fingerprint density at radius 2 is 1.97 bits per heavy atom. The molecular weight excluding hydrogens is 385 g/mol. The van der Waals surface area contributed by atoms with Crippen molar-refractivity contribution in [1.29, 1.82) is 0 Å². The maximum Gasteiger partial charge on any atom is 0.226 e. The predicted octanol–water partition coefficient (Wildman–Crippen LogP) is 3.98. The molecule has 8 heteroatoms. The van der Waals surface area contributed by atoms with E-state index in [0.717, 1.165) is 5.56 Å². The van der Waals surface area contributed by atoms with Crippen LogP contribution in [0.2, 0.25) is 0 Å². The Labute approximate surface area is 172 Å². The third-order valence-electron chi connectivity index (χ3n) is 4.57. The number of imidazole rings is 1. The van der Waals surface area contributed by atoms with E-state index in [4.69, 9.17) is 4.74 Å². The number of rotatable bonds is 7. The van der Waals surface area contributed by atoms with Gasteiger partial charge in [-0.1, -0.05) is 12.1 Å². The van der Waals surface area contributed by atoms with E-state index in [0.29, 0.717) is 35.1 Å². The number of hydrogen-bond acceptors (Lipinski definition) is 5. The molecule has 4 rings (SSSR count). The van der Waals surface area contributed by atoms with E-state index in [9.17, 15) is 9.18 Å². The van der Waals surface area contributed by atoms with Crippen LogP contribution in [0.1, 0.15) is 6.42 Å². The molecule has 0 aliphatic rings. The summed E-state index contributed by atoms with van der Waals surface area (Å²) in [7, 11) is 1.56. The van der Waals surface area contributed by atoms with Crippen LogP contribution in [0.25, 0.3) is 16.9 Å². The summed E-state index contributed by atoms with van der Waals surface area (Å²) < 4.78 is 20.4.